The smallest absolute Gasteiger partial charge is 0.131 e. The monoisotopic (exact) mass is 376 g/mol. The summed E-state index contributed by atoms with van der Waals surface area (Å²) in [7, 11) is 0. The van der Waals surface area contributed by atoms with E-state index in [1.54, 1.807) is 22.3 Å². The van der Waals surface area contributed by atoms with E-state index in [2.05, 4.69) is 53.7 Å². The molecule has 0 atom stereocenters. The number of benzene rings is 2. The van der Waals surface area contributed by atoms with Crippen molar-refractivity contribution in [1.82, 2.24) is 0 Å². The second-order valence-corrected chi connectivity index (χ2v) is 10.00. The van der Waals surface area contributed by atoms with Crippen LogP contribution in [0.3, 0.4) is 0 Å². The van der Waals surface area contributed by atoms with E-state index in [1.165, 1.54) is 79.2 Å². The van der Waals surface area contributed by atoms with Crippen LogP contribution in [-0.2, 0) is 25.7 Å². The molecule has 0 aliphatic heterocycles. The van der Waals surface area contributed by atoms with Crippen LogP contribution in [0.5, 0.6) is 5.75 Å². The summed E-state index contributed by atoms with van der Waals surface area (Å²) in [4.78, 5) is 0. The van der Waals surface area contributed by atoms with Crippen LogP contribution in [-0.4, -0.2) is 5.60 Å². The minimum Gasteiger partial charge on any atom is -0.487 e. The van der Waals surface area contributed by atoms with Gasteiger partial charge < -0.3 is 4.74 Å². The van der Waals surface area contributed by atoms with Gasteiger partial charge in [0, 0.05) is 5.56 Å². The zero-order chi connectivity index (χ0) is 20.1. The van der Waals surface area contributed by atoms with Crippen LogP contribution < -0.4 is 4.74 Å². The predicted octanol–water partition coefficient (Wildman–Crippen LogP) is 7.21. The summed E-state index contributed by atoms with van der Waals surface area (Å²) in [6.45, 7) is 13.4. The third-order valence-electron chi connectivity index (χ3n) is 6.62. The summed E-state index contributed by atoms with van der Waals surface area (Å²) in [6, 6.07) is 4.87. The first-order chi connectivity index (χ1) is 13.3. The van der Waals surface area contributed by atoms with Crippen molar-refractivity contribution in [2.75, 3.05) is 0 Å². The van der Waals surface area contributed by atoms with E-state index in [-0.39, 0.29) is 5.60 Å². The first-order valence-electron chi connectivity index (χ1n) is 11.2. The molecular formula is C27H36O. The lowest BCUT2D eigenvalue weighted by molar-refractivity contribution is 0.130. The molecule has 0 radical (unpaired) electrons. The lowest BCUT2D eigenvalue weighted by Gasteiger charge is -2.32. The lowest BCUT2D eigenvalue weighted by atomic mass is 9.77. The second-order valence-electron chi connectivity index (χ2n) is 10.00. The highest BCUT2D eigenvalue weighted by molar-refractivity contribution is 5.83. The van der Waals surface area contributed by atoms with Crippen LogP contribution in [0.4, 0.5) is 0 Å². The Kier molecular flexibility index (Phi) is 5.06. The molecule has 1 heteroatoms. The third-order valence-corrected chi connectivity index (χ3v) is 6.62. The molecule has 4 rings (SSSR count). The molecule has 0 aromatic heterocycles. The number of hydrogen-bond acceptors (Lipinski definition) is 1. The first-order valence-corrected chi connectivity index (χ1v) is 11.2. The van der Waals surface area contributed by atoms with Gasteiger partial charge in [-0.2, -0.15) is 0 Å². The zero-order valence-electron chi connectivity index (χ0n) is 18.7. The van der Waals surface area contributed by atoms with E-state index in [4.69, 9.17) is 4.74 Å². The maximum atomic E-state index is 6.67. The summed E-state index contributed by atoms with van der Waals surface area (Å²) < 4.78 is 6.67. The zero-order valence-corrected chi connectivity index (χ0v) is 18.7. The summed E-state index contributed by atoms with van der Waals surface area (Å²) >= 11 is 0. The SMILES string of the molecule is Cc1cc2c(c(-c3c4c(cc(C)c3OC(C)(C)C)CCCC4)c1C)CCCC2. The molecule has 0 bridgehead atoms. The Labute approximate surface area is 171 Å². The Morgan fingerprint density at radius 1 is 0.679 bits per heavy atom. The molecular weight excluding hydrogens is 340 g/mol. The minimum atomic E-state index is -0.194. The van der Waals surface area contributed by atoms with Gasteiger partial charge in [-0.1, -0.05) is 12.1 Å². The Morgan fingerprint density at radius 3 is 1.75 bits per heavy atom. The molecule has 0 saturated heterocycles. The number of rotatable bonds is 2. The second kappa shape index (κ2) is 7.25. The van der Waals surface area contributed by atoms with Crippen LogP contribution in [0.2, 0.25) is 0 Å². The van der Waals surface area contributed by atoms with Gasteiger partial charge in [-0.25, -0.2) is 0 Å². The van der Waals surface area contributed by atoms with E-state index in [9.17, 15) is 0 Å². The van der Waals surface area contributed by atoms with E-state index >= 15 is 0 Å². The van der Waals surface area contributed by atoms with Crippen molar-refractivity contribution in [1.29, 1.82) is 0 Å². The number of aryl methyl sites for hydroxylation is 4. The highest BCUT2D eigenvalue weighted by Crippen LogP contribution is 2.47. The van der Waals surface area contributed by atoms with Crippen molar-refractivity contribution in [2.45, 2.75) is 98.5 Å². The van der Waals surface area contributed by atoms with Gasteiger partial charge in [0.2, 0.25) is 0 Å². The fourth-order valence-corrected chi connectivity index (χ4v) is 5.24. The molecule has 0 spiro atoms. The molecule has 0 amide bonds. The van der Waals surface area contributed by atoms with Crippen molar-refractivity contribution in [3.63, 3.8) is 0 Å². The minimum absolute atomic E-state index is 0.194. The summed E-state index contributed by atoms with van der Waals surface area (Å²) in [6.07, 6.45) is 10.1. The van der Waals surface area contributed by atoms with Crippen LogP contribution in [0.25, 0.3) is 11.1 Å². The quantitative estimate of drug-likeness (QED) is 0.538. The standard InChI is InChI=1S/C27H36O/c1-17-15-20-11-7-9-13-22(20)24(19(17)3)25-23-14-10-8-12-21(23)16-18(2)26(25)28-27(4,5)6/h15-16H,7-14H2,1-6H3. The molecule has 2 aliphatic carbocycles. The van der Waals surface area contributed by atoms with Crippen molar-refractivity contribution in [3.05, 3.63) is 51.1 Å². The third kappa shape index (κ3) is 3.49. The molecule has 0 fully saturated rings. The van der Waals surface area contributed by atoms with Crippen LogP contribution in [0, 0.1) is 20.8 Å². The van der Waals surface area contributed by atoms with Gasteiger partial charge in [0.25, 0.3) is 0 Å². The van der Waals surface area contributed by atoms with Gasteiger partial charge in [-0.15, -0.1) is 0 Å². The molecule has 28 heavy (non-hydrogen) atoms. The van der Waals surface area contributed by atoms with Crippen molar-refractivity contribution in [3.8, 4) is 16.9 Å². The van der Waals surface area contributed by atoms with E-state index in [0.717, 1.165) is 5.75 Å². The van der Waals surface area contributed by atoms with Crippen molar-refractivity contribution in [2.24, 2.45) is 0 Å². The molecule has 1 nitrogen and oxygen atoms in total. The first kappa shape index (κ1) is 19.6. The number of fused-ring (bicyclic) bond motifs is 2. The maximum Gasteiger partial charge on any atom is 0.131 e. The molecule has 0 heterocycles. The van der Waals surface area contributed by atoms with E-state index in [1.807, 2.05) is 0 Å². The molecule has 0 unspecified atom stereocenters. The van der Waals surface area contributed by atoms with Crippen LogP contribution >= 0.6 is 0 Å². The normalized spacial score (nSPS) is 16.5. The van der Waals surface area contributed by atoms with Crippen molar-refractivity contribution >= 4 is 0 Å². The summed E-state index contributed by atoms with van der Waals surface area (Å²) in [5.41, 5.74) is 13.3. The Bertz CT molecular complexity index is 911. The van der Waals surface area contributed by atoms with Gasteiger partial charge in [-0.05, 0) is 137 Å². The molecule has 2 aliphatic rings. The van der Waals surface area contributed by atoms with Gasteiger partial charge in [-0.3, -0.25) is 0 Å². The number of ether oxygens (including phenoxy) is 1. The van der Waals surface area contributed by atoms with Gasteiger partial charge in [0.15, 0.2) is 0 Å². The molecule has 2 aromatic rings. The number of hydrogen-bond donors (Lipinski definition) is 0. The van der Waals surface area contributed by atoms with Gasteiger partial charge >= 0.3 is 0 Å². The fraction of sp³-hybridized carbons (Fsp3) is 0.556. The van der Waals surface area contributed by atoms with Crippen LogP contribution in [0.15, 0.2) is 12.1 Å². The summed E-state index contributed by atoms with van der Waals surface area (Å²) in [5.74, 6) is 1.13. The molecule has 0 N–H and O–H groups in total. The largest absolute Gasteiger partial charge is 0.487 e. The average molecular weight is 377 g/mol. The predicted molar refractivity (Wildman–Crippen MR) is 120 cm³/mol. The van der Waals surface area contributed by atoms with E-state index in [0.29, 0.717) is 0 Å². The Morgan fingerprint density at radius 2 is 1.18 bits per heavy atom. The highest BCUT2D eigenvalue weighted by Gasteiger charge is 2.28. The Hall–Kier alpha value is -1.76. The maximum absolute atomic E-state index is 6.67. The topological polar surface area (TPSA) is 9.23 Å². The average Bonchev–Trinajstić information content (AvgIpc) is 2.63. The fourth-order valence-electron chi connectivity index (χ4n) is 5.24. The summed E-state index contributed by atoms with van der Waals surface area (Å²) in [5, 5.41) is 0. The molecule has 150 valence electrons. The highest BCUT2D eigenvalue weighted by atomic mass is 16.5. The van der Waals surface area contributed by atoms with Crippen molar-refractivity contribution < 1.29 is 4.74 Å². The van der Waals surface area contributed by atoms with E-state index < -0.39 is 0 Å². The molecule has 0 saturated carbocycles. The van der Waals surface area contributed by atoms with Crippen LogP contribution in [0.1, 0.15) is 85.4 Å². The van der Waals surface area contributed by atoms with Gasteiger partial charge in [0.1, 0.15) is 11.4 Å². The van der Waals surface area contributed by atoms with Gasteiger partial charge in [0.05, 0.1) is 0 Å². The lowest BCUT2D eigenvalue weighted by Crippen LogP contribution is -2.25. The Balaban J connectivity index is 2.07. The molecule has 2 aromatic carbocycles.